The fourth-order valence-electron chi connectivity index (χ4n) is 1.14. The van der Waals surface area contributed by atoms with Crippen molar-refractivity contribution in [2.24, 2.45) is 0 Å². The second-order valence-corrected chi connectivity index (χ2v) is 6.51. The molecular weight excluding hydrogens is 248 g/mol. The molecule has 88 valence electrons. The van der Waals surface area contributed by atoms with Crippen LogP contribution in [0.15, 0.2) is 24.3 Å². The summed E-state index contributed by atoms with van der Waals surface area (Å²) in [5, 5.41) is 0. The molecule has 0 atom stereocenters. The van der Waals surface area contributed by atoms with E-state index in [4.69, 9.17) is 4.55 Å². The van der Waals surface area contributed by atoms with Crippen LogP contribution in [0.2, 0.25) is 0 Å². The number of carbonyl (C=O) groups excluding carboxylic acids is 1. The number of ketones is 1. The van der Waals surface area contributed by atoms with E-state index < -0.39 is 9.15 Å². The predicted molar refractivity (Wildman–Crippen MR) is 64.2 cm³/mol. The minimum atomic E-state index is -4.14. The van der Waals surface area contributed by atoms with Crippen LogP contribution in [0.3, 0.4) is 0 Å². The molecule has 0 saturated carbocycles. The molecule has 4 nitrogen and oxygen atoms in total. The van der Waals surface area contributed by atoms with E-state index in [1.165, 1.54) is 0 Å². The fraction of sp³-hybridized carbons (Fsp3) is 0.300. The number of carbonyl (C=O) groups is 1. The summed E-state index contributed by atoms with van der Waals surface area (Å²) in [4.78, 5) is 11.5. The van der Waals surface area contributed by atoms with Crippen LogP contribution < -0.4 is 0 Å². The monoisotopic (exact) mass is 260 g/mol. The highest BCUT2D eigenvalue weighted by Crippen LogP contribution is 2.13. The Morgan fingerprint density at radius 3 is 2.31 bits per heavy atom. The number of rotatable bonds is 5. The molecule has 0 amide bonds. The second-order valence-electron chi connectivity index (χ2n) is 3.16. The van der Waals surface area contributed by atoms with E-state index in [1.807, 2.05) is 19.1 Å². The van der Waals surface area contributed by atoms with Crippen LogP contribution in [-0.2, 0) is 15.6 Å². The van der Waals surface area contributed by atoms with Gasteiger partial charge in [0, 0.05) is 16.4 Å². The zero-order chi connectivity index (χ0) is 12.2. The van der Waals surface area contributed by atoms with Crippen LogP contribution in [0.5, 0.6) is 0 Å². The second kappa shape index (κ2) is 5.47. The Kier molecular flexibility index (Phi) is 4.52. The summed E-state index contributed by atoms with van der Waals surface area (Å²) in [6.45, 7) is 2.00. The van der Waals surface area contributed by atoms with Crippen molar-refractivity contribution in [1.82, 2.24) is 0 Å². The van der Waals surface area contributed by atoms with Gasteiger partial charge in [-0.05, 0) is 12.0 Å². The van der Waals surface area contributed by atoms with E-state index >= 15 is 0 Å². The van der Waals surface area contributed by atoms with Gasteiger partial charge in [-0.15, -0.1) is 0 Å². The Morgan fingerprint density at radius 1 is 1.31 bits per heavy atom. The van der Waals surface area contributed by atoms with Gasteiger partial charge >= 0.3 is 9.15 Å². The summed E-state index contributed by atoms with van der Waals surface area (Å²) >= 11 is 0. The van der Waals surface area contributed by atoms with Gasteiger partial charge in [0.2, 0.25) is 0 Å². The Labute approximate surface area is 98.2 Å². The van der Waals surface area contributed by atoms with Crippen molar-refractivity contribution in [2.45, 2.75) is 13.3 Å². The van der Waals surface area contributed by atoms with Crippen LogP contribution in [0.1, 0.15) is 22.8 Å². The molecule has 16 heavy (non-hydrogen) atoms. The third kappa shape index (κ3) is 4.34. The first-order chi connectivity index (χ1) is 7.42. The molecule has 0 unspecified atom stereocenters. The highest BCUT2D eigenvalue weighted by atomic mass is 33.1. The van der Waals surface area contributed by atoms with E-state index in [1.54, 1.807) is 12.1 Å². The summed E-state index contributed by atoms with van der Waals surface area (Å²) in [7, 11) is -3.92. The quantitative estimate of drug-likeness (QED) is 0.498. The first-order valence-electron chi connectivity index (χ1n) is 4.66. The van der Waals surface area contributed by atoms with Gasteiger partial charge in [0.15, 0.2) is 5.78 Å². The Bertz CT molecular complexity index is 462. The molecular formula is C10H12O4S2. The highest BCUT2D eigenvalue weighted by Gasteiger charge is 2.11. The molecule has 1 rings (SSSR count). The molecule has 1 aromatic carbocycles. The van der Waals surface area contributed by atoms with Gasteiger partial charge < -0.3 is 0 Å². The van der Waals surface area contributed by atoms with Crippen molar-refractivity contribution in [3.05, 3.63) is 35.4 Å². The van der Waals surface area contributed by atoms with Gasteiger partial charge in [-0.1, -0.05) is 31.2 Å². The molecule has 0 fully saturated rings. The van der Waals surface area contributed by atoms with Gasteiger partial charge in [0.25, 0.3) is 0 Å². The third-order valence-electron chi connectivity index (χ3n) is 2.02. The zero-order valence-corrected chi connectivity index (χ0v) is 10.3. The molecule has 0 spiro atoms. The van der Waals surface area contributed by atoms with Gasteiger partial charge in [-0.2, -0.15) is 8.42 Å². The molecule has 0 aliphatic heterocycles. The average molecular weight is 260 g/mol. The number of hydrogen-bond donors (Lipinski definition) is 1. The fourth-order valence-corrected chi connectivity index (χ4v) is 2.33. The van der Waals surface area contributed by atoms with E-state index in [9.17, 15) is 13.2 Å². The summed E-state index contributed by atoms with van der Waals surface area (Å²) in [5.41, 5.74) is 1.56. The summed E-state index contributed by atoms with van der Waals surface area (Å²) in [5.74, 6) is -0.588. The Balaban J connectivity index is 2.66. The van der Waals surface area contributed by atoms with Crippen LogP contribution in [-0.4, -0.2) is 24.5 Å². The van der Waals surface area contributed by atoms with E-state index in [0.717, 1.165) is 12.0 Å². The molecule has 0 aliphatic rings. The SMILES string of the molecule is CCc1ccc(C(=O)CSS(=O)(=O)O)cc1. The number of Topliss-reactive ketones (excluding diaryl/α,β-unsaturated/α-hetero) is 1. The first kappa shape index (κ1) is 13.2. The third-order valence-corrected chi connectivity index (χ3v) is 3.95. The Morgan fingerprint density at radius 2 is 1.88 bits per heavy atom. The summed E-state index contributed by atoms with van der Waals surface area (Å²) in [6.07, 6.45) is 0.883. The first-order valence-corrected chi connectivity index (χ1v) is 7.60. The molecule has 0 radical (unpaired) electrons. The van der Waals surface area contributed by atoms with Crippen LogP contribution in [0.25, 0.3) is 0 Å². The van der Waals surface area contributed by atoms with Gasteiger partial charge in [-0.25, -0.2) is 0 Å². The lowest BCUT2D eigenvalue weighted by molar-refractivity contribution is 0.102. The number of aryl methyl sites for hydroxylation is 1. The van der Waals surface area contributed by atoms with Crippen LogP contribution in [0.4, 0.5) is 0 Å². The maximum atomic E-state index is 11.5. The van der Waals surface area contributed by atoms with Crippen LogP contribution >= 0.6 is 10.8 Å². The van der Waals surface area contributed by atoms with Crippen molar-refractivity contribution in [2.75, 3.05) is 5.75 Å². The largest absolute Gasteiger partial charge is 0.320 e. The van der Waals surface area contributed by atoms with Gasteiger partial charge in [0.1, 0.15) is 0 Å². The average Bonchev–Trinajstić information content (AvgIpc) is 2.25. The van der Waals surface area contributed by atoms with Crippen LogP contribution in [0, 0.1) is 0 Å². The van der Waals surface area contributed by atoms with E-state index in [2.05, 4.69) is 0 Å². The lowest BCUT2D eigenvalue weighted by Crippen LogP contribution is -2.05. The zero-order valence-electron chi connectivity index (χ0n) is 8.71. The molecule has 0 bridgehead atoms. The molecule has 0 aliphatic carbocycles. The lowest BCUT2D eigenvalue weighted by Gasteiger charge is -2.01. The Hall–Kier alpha value is -0.850. The summed E-state index contributed by atoms with van der Waals surface area (Å²) < 4.78 is 29.3. The minimum absolute atomic E-state index is 0.225. The number of benzene rings is 1. The molecule has 6 heteroatoms. The normalized spacial score (nSPS) is 11.4. The van der Waals surface area contributed by atoms with Crippen molar-refractivity contribution in [3.8, 4) is 0 Å². The molecule has 1 aromatic rings. The highest BCUT2D eigenvalue weighted by molar-refractivity contribution is 8.70. The van der Waals surface area contributed by atoms with Crippen molar-refractivity contribution in [1.29, 1.82) is 0 Å². The van der Waals surface area contributed by atoms with Gasteiger partial charge in [-0.3, -0.25) is 9.35 Å². The molecule has 1 N–H and O–H groups in total. The lowest BCUT2D eigenvalue weighted by atomic mass is 10.1. The molecule has 0 aromatic heterocycles. The predicted octanol–water partition coefficient (Wildman–Crippen LogP) is 1.97. The molecule has 0 heterocycles. The van der Waals surface area contributed by atoms with Crippen molar-refractivity contribution < 1.29 is 17.8 Å². The van der Waals surface area contributed by atoms with Gasteiger partial charge in [0.05, 0.1) is 5.75 Å². The maximum absolute atomic E-state index is 11.5. The van der Waals surface area contributed by atoms with Crippen molar-refractivity contribution in [3.63, 3.8) is 0 Å². The minimum Gasteiger partial charge on any atom is -0.293 e. The van der Waals surface area contributed by atoms with Crippen molar-refractivity contribution >= 4 is 25.7 Å². The molecule has 0 saturated heterocycles. The summed E-state index contributed by atoms with van der Waals surface area (Å²) in [6, 6.07) is 6.97. The number of hydrogen-bond acceptors (Lipinski definition) is 4. The van der Waals surface area contributed by atoms with E-state index in [-0.39, 0.29) is 22.3 Å². The van der Waals surface area contributed by atoms with E-state index in [0.29, 0.717) is 5.56 Å². The smallest absolute Gasteiger partial charge is 0.293 e. The maximum Gasteiger partial charge on any atom is 0.320 e. The standard InChI is InChI=1S/C10H12O4S2/c1-2-8-3-5-9(6-4-8)10(11)7-15-16(12,13)14/h3-6H,2,7H2,1H3,(H,12,13,14). The topological polar surface area (TPSA) is 71.4 Å².